The van der Waals surface area contributed by atoms with Gasteiger partial charge < -0.3 is 24.8 Å². The van der Waals surface area contributed by atoms with Crippen molar-refractivity contribution in [1.29, 1.82) is 0 Å². The molecule has 1 aromatic carbocycles. The Morgan fingerprint density at radius 1 is 1.00 bits per heavy atom. The zero-order valence-corrected chi connectivity index (χ0v) is 17.3. The fraction of sp³-hybridized carbons (Fsp3) is 0.619. The van der Waals surface area contributed by atoms with E-state index in [1.54, 1.807) is 0 Å². The van der Waals surface area contributed by atoms with Gasteiger partial charge in [0.25, 0.3) is 0 Å². The van der Waals surface area contributed by atoms with E-state index >= 15 is 0 Å². The summed E-state index contributed by atoms with van der Waals surface area (Å²) in [5.74, 6) is 0. The number of fused-ring (bicyclic) bond motifs is 1. The summed E-state index contributed by atoms with van der Waals surface area (Å²) in [6.45, 7) is 0.274. The Hall–Kier alpha value is -2.53. The third-order valence-corrected chi connectivity index (χ3v) is 5.96. The van der Waals surface area contributed by atoms with Crippen LogP contribution in [0.15, 0.2) is 24.3 Å². The summed E-state index contributed by atoms with van der Waals surface area (Å²) < 4.78 is 55.2. The Labute approximate surface area is 183 Å². The molecular formula is C21H26F3N3O5. The van der Waals surface area contributed by atoms with Gasteiger partial charge in [0.1, 0.15) is 12.2 Å². The average molecular weight is 457 g/mol. The lowest BCUT2D eigenvalue weighted by Gasteiger charge is -2.24. The summed E-state index contributed by atoms with van der Waals surface area (Å²) in [5.41, 5.74) is -0.911. The Morgan fingerprint density at radius 2 is 1.75 bits per heavy atom. The maximum Gasteiger partial charge on any atom is 0.416 e. The monoisotopic (exact) mass is 457 g/mol. The van der Waals surface area contributed by atoms with Crippen molar-refractivity contribution >= 4 is 17.8 Å². The maximum absolute atomic E-state index is 12.8. The Bertz CT molecular complexity index is 831. The highest BCUT2D eigenvalue weighted by Crippen LogP contribution is 2.31. The quantitative estimate of drug-likeness (QED) is 0.644. The predicted molar refractivity (Wildman–Crippen MR) is 107 cm³/mol. The molecule has 4 unspecified atom stereocenters. The Morgan fingerprint density at radius 3 is 2.50 bits per heavy atom. The summed E-state index contributed by atoms with van der Waals surface area (Å²) in [5, 5.41) is 8.14. The smallest absolute Gasteiger partial charge is 0.416 e. The number of alkyl halides is 3. The van der Waals surface area contributed by atoms with Crippen molar-refractivity contribution in [2.75, 3.05) is 18.5 Å². The third kappa shape index (κ3) is 5.44. The zero-order chi connectivity index (χ0) is 22.7. The minimum Gasteiger partial charge on any atom is -0.441 e. The van der Waals surface area contributed by atoms with Crippen molar-refractivity contribution in [2.45, 2.75) is 68.7 Å². The van der Waals surface area contributed by atoms with Crippen LogP contribution in [0, 0.1) is 0 Å². The molecule has 0 aromatic heterocycles. The zero-order valence-electron chi connectivity index (χ0n) is 17.3. The highest BCUT2D eigenvalue weighted by Gasteiger charge is 2.50. The summed E-state index contributed by atoms with van der Waals surface area (Å²) >= 11 is 0. The first kappa shape index (κ1) is 22.7. The number of amides is 3. The lowest BCUT2D eigenvalue weighted by Crippen LogP contribution is -2.51. The van der Waals surface area contributed by atoms with Crippen LogP contribution in [0.1, 0.15) is 37.7 Å². The van der Waals surface area contributed by atoms with Gasteiger partial charge in [-0.1, -0.05) is 25.3 Å². The van der Waals surface area contributed by atoms with E-state index in [4.69, 9.17) is 14.2 Å². The van der Waals surface area contributed by atoms with Gasteiger partial charge in [0, 0.05) is 11.7 Å². The van der Waals surface area contributed by atoms with Crippen LogP contribution in [-0.4, -0.2) is 55.7 Å². The third-order valence-electron chi connectivity index (χ3n) is 5.96. The molecule has 3 N–H and O–H groups in total. The fourth-order valence-corrected chi connectivity index (χ4v) is 4.39. The minimum absolute atomic E-state index is 0.0356. The van der Waals surface area contributed by atoms with E-state index in [-0.39, 0.29) is 37.0 Å². The number of ether oxygens (including phenoxy) is 3. The summed E-state index contributed by atoms with van der Waals surface area (Å²) in [4.78, 5) is 24.5. The molecule has 1 aromatic rings. The van der Waals surface area contributed by atoms with E-state index < -0.39 is 36.1 Å². The van der Waals surface area contributed by atoms with Gasteiger partial charge >= 0.3 is 18.3 Å². The molecule has 1 aliphatic carbocycles. The van der Waals surface area contributed by atoms with Crippen LogP contribution in [0.3, 0.4) is 0 Å². The number of rotatable bonds is 4. The van der Waals surface area contributed by atoms with Crippen molar-refractivity contribution < 1.29 is 37.0 Å². The van der Waals surface area contributed by atoms with Crippen molar-refractivity contribution in [3.05, 3.63) is 29.8 Å². The number of hydrogen-bond acceptors (Lipinski definition) is 5. The Balaban J connectivity index is 1.26. The van der Waals surface area contributed by atoms with Gasteiger partial charge in [0.2, 0.25) is 0 Å². The van der Waals surface area contributed by atoms with Gasteiger partial charge in [-0.25, -0.2) is 9.59 Å². The van der Waals surface area contributed by atoms with E-state index in [1.807, 2.05) is 0 Å². The summed E-state index contributed by atoms with van der Waals surface area (Å²) in [6, 6.07) is 3.78. The molecule has 4 rings (SSSR count). The first-order valence-corrected chi connectivity index (χ1v) is 10.7. The summed E-state index contributed by atoms with van der Waals surface area (Å²) in [7, 11) is 0. The maximum atomic E-state index is 12.8. The molecular weight excluding hydrogens is 431 g/mol. The first-order valence-electron chi connectivity index (χ1n) is 10.7. The van der Waals surface area contributed by atoms with Crippen molar-refractivity contribution in [1.82, 2.24) is 10.6 Å². The average Bonchev–Trinajstić information content (AvgIpc) is 3.32. The van der Waals surface area contributed by atoms with Crippen molar-refractivity contribution in [2.24, 2.45) is 0 Å². The molecule has 32 heavy (non-hydrogen) atoms. The molecule has 0 spiro atoms. The van der Waals surface area contributed by atoms with E-state index in [2.05, 4.69) is 16.0 Å². The normalized spacial score (nSPS) is 28.1. The fourth-order valence-electron chi connectivity index (χ4n) is 4.39. The van der Waals surface area contributed by atoms with E-state index in [0.717, 1.165) is 37.8 Å². The second-order valence-corrected chi connectivity index (χ2v) is 8.30. The number of benzene rings is 1. The van der Waals surface area contributed by atoms with Gasteiger partial charge in [-0.15, -0.1) is 0 Å². The standard InChI is InChI=1S/C21H26F3N3O5/c22-21(23,24)12-5-4-8-14(9-12)26-20(29)32-16-11-31-17-15(10-30-18(16)17)27-19(28)25-13-6-2-1-3-7-13/h4-5,8-9,13,15-18H,1-3,6-7,10-11H2,(H,26,29)(H2,25,27,28). The van der Waals surface area contributed by atoms with Gasteiger partial charge in [0.15, 0.2) is 6.10 Å². The van der Waals surface area contributed by atoms with Crippen LogP contribution >= 0.6 is 0 Å². The molecule has 0 bridgehead atoms. The molecule has 3 fully saturated rings. The number of carbonyl (C=O) groups excluding carboxylic acids is 2. The molecule has 1 saturated carbocycles. The Kier molecular flexibility index (Phi) is 6.75. The highest BCUT2D eigenvalue weighted by molar-refractivity contribution is 5.84. The molecule has 2 aliphatic heterocycles. The molecule has 176 valence electrons. The number of halogens is 3. The molecule has 8 nitrogen and oxygen atoms in total. The SMILES string of the molecule is O=C(NC1CCCCC1)NC1COC2C(OC(=O)Nc3cccc(C(F)(F)F)c3)COC12. The number of nitrogens with one attached hydrogen (secondary N) is 3. The number of urea groups is 1. The molecule has 2 heterocycles. The molecule has 11 heteroatoms. The van der Waals surface area contributed by atoms with Gasteiger partial charge in [-0.05, 0) is 31.0 Å². The number of anilines is 1. The van der Waals surface area contributed by atoms with Crippen LogP contribution in [0.2, 0.25) is 0 Å². The molecule has 3 aliphatic rings. The topological polar surface area (TPSA) is 97.9 Å². The van der Waals surface area contributed by atoms with Crippen LogP contribution in [0.4, 0.5) is 28.4 Å². The van der Waals surface area contributed by atoms with Gasteiger partial charge in [-0.3, -0.25) is 5.32 Å². The minimum atomic E-state index is -4.52. The predicted octanol–water partition coefficient (Wildman–Crippen LogP) is 3.42. The molecule has 0 radical (unpaired) electrons. The van der Waals surface area contributed by atoms with Crippen molar-refractivity contribution in [3.63, 3.8) is 0 Å². The van der Waals surface area contributed by atoms with Crippen molar-refractivity contribution in [3.8, 4) is 0 Å². The number of carbonyl (C=O) groups is 2. The molecule has 3 amide bonds. The highest BCUT2D eigenvalue weighted by atomic mass is 19.4. The van der Waals surface area contributed by atoms with Crippen LogP contribution in [0.5, 0.6) is 0 Å². The van der Waals surface area contributed by atoms with E-state index in [9.17, 15) is 22.8 Å². The van der Waals surface area contributed by atoms with E-state index in [1.165, 1.54) is 18.6 Å². The van der Waals surface area contributed by atoms with Gasteiger partial charge in [0.05, 0.1) is 24.8 Å². The largest absolute Gasteiger partial charge is 0.441 e. The van der Waals surface area contributed by atoms with Crippen LogP contribution < -0.4 is 16.0 Å². The van der Waals surface area contributed by atoms with Gasteiger partial charge in [-0.2, -0.15) is 13.2 Å². The van der Waals surface area contributed by atoms with E-state index in [0.29, 0.717) is 0 Å². The lowest BCUT2D eigenvalue weighted by atomic mass is 9.96. The molecule has 2 saturated heterocycles. The number of hydrogen-bond donors (Lipinski definition) is 3. The first-order chi connectivity index (χ1) is 15.3. The lowest BCUT2D eigenvalue weighted by molar-refractivity contribution is -0.137. The second kappa shape index (κ2) is 9.53. The summed E-state index contributed by atoms with van der Waals surface area (Å²) in [6.07, 6.45) is -1.87. The van der Waals surface area contributed by atoms with Crippen LogP contribution in [-0.2, 0) is 20.4 Å². The van der Waals surface area contributed by atoms with Crippen LogP contribution in [0.25, 0.3) is 0 Å². The molecule has 4 atom stereocenters. The second-order valence-electron chi connectivity index (χ2n) is 8.30.